The Morgan fingerprint density at radius 3 is 2.46 bits per heavy atom. The number of amides is 1. The monoisotopic (exact) mass is 390 g/mol. The third-order valence-electron chi connectivity index (χ3n) is 4.82. The average Bonchev–Trinajstić information content (AvgIpc) is 2.63. The highest BCUT2D eigenvalue weighted by Gasteiger charge is 2.34. The third kappa shape index (κ3) is 3.83. The number of pyridine rings is 1. The van der Waals surface area contributed by atoms with Crippen LogP contribution < -0.4 is 16.6 Å². The lowest BCUT2D eigenvalue weighted by Crippen LogP contribution is -2.52. The van der Waals surface area contributed by atoms with Gasteiger partial charge in [0.05, 0.1) is 10.9 Å². The number of nitrogens with zero attached hydrogens (tertiary/aromatic N) is 2. The molecule has 1 atom stereocenters. The molecular formula is C19H26N4O5. The van der Waals surface area contributed by atoms with Crippen molar-refractivity contribution in [3.8, 4) is 0 Å². The topological polar surface area (TPSA) is 134 Å². The van der Waals surface area contributed by atoms with Gasteiger partial charge in [-0.2, -0.15) is 0 Å². The number of rotatable bonds is 7. The Balaban J connectivity index is 2.83. The Hall–Kier alpha value is -2.97. The Bertz CT molecular complexity index is 1040. The van der Waals surface area contributed by atoms with E-state index in [1.807, 2.05) is 20.8 Å². The van der Waals surface area contributed by atoms with Crippen molar-refractivity contribution in [1.82, 2.24) is 19.9 Å². The number of hydrogen-bond donors (Lipinski definition) is 3. The first-order chi connectivity index (χ1) is 13.1. The number of fused-ring (bicyclic) bond motifs is 1. The highest BCUT2D eigenvalue weighted by atomic mass is 16.4. The first kappa shape index (κ1) is 21.3. The number of hydrogen-bond acceptors (Lipinski definition) is 5. The summed E-state index contributed by atoms with van der Waals surface area (Å²) < 4.78 is 1.33. The summed E-state index contributed by atoms with van der Waals surface area (Å²) in [7, 11) is 0. The largest absolute Gasteiger partial charge is 0.480 e. The molecule has 0 bridgehead atoms. The van der Waals surface area contributed by atoms with Crippen LogP contribution in [0.25, 0.3) is 11.0 Å². The van der Waals surface area contributed by atoms with Crippen LogP contribution in [0.4, 0.5) is 0 Å². The minimum absolute atomic E-state index is 0.000674. The van der Waals surface area contributed by atoms with Crippen LogP contribution in [0.15, 0.2) is 15.7 Å². The summed E-state index contributed by atoms with van der Waals surface area (Å²) in [5.41, 5.74) is -2.16. The van der Waals surface area contributed by atoms with E-state index < -0.39 is 28.7 Å². The lowest BCUT2D eigenvalue weighted by molar-refractivity contribution is -0.143. The van der Waals surface area contributed by atoms with E-state index in [1.54, 1.807) is 6.92 Å². The maximum atomic E-state index is 13.0. The van der Waals surface area contributed by atoms with Gasteiger partial charge in [-0.15, -0.1) is 0 Å². The van der Waals surface area contributed by atoms with Gasteiger partial charge in [0.2, 0.25) is 0 Å². The van der Waals surface area contributed by atoms with E-state index in [0.29, 0.717) is 18.7 Å². The third-order valence-corrected chi connectivity index (χ3v) is 4.82. The van der Waals surface area contributed by atoms with Crippen molar-refractivity contribution in [3.05, 3.63) is 38.2 Å². The molecule has 0 aliphatic rings. The molecule has 9 heteroatoms. The molecule has 0 aliphatic heterocycles. The molecule has 0 spiro atoms. The number of nitrogens with one attached hydrogen (secondary N) is 2. The van der Waals surface area contributed by atoms with E-state index in [0.717, 1.165) is 0 Å². The highest BCUT2D eigenvalue weighted by molar-refractivity contribution is 6.06. The molecule has 2 rings (SSSR count). The van der Waals surface area contributed by atoms with Gasteiger partial charge in [0.25, 0.3) is 11.5 Å². The van der Waals surface area contributed by atoms with Gasteiger partial charge in [-0.3, -0.25) is 19.1 Å². The zero-order valence-electron chi connectivity index (χ0n) is 16.8. The van der Waals surface area contributed by atoms with E-state index in [9.17, 15) is 24.3 Å². The number of carbonyl (C=O) groups is 2. The highest BCUT2D eigenvalue weighted by Crippen LogP contribution is 2.21. The van der Waals surface area contributed by atoms with Crippen LogP contribution in [0.3, 0.4) is 0 Å². The standard InChI is InChI=1S/C19H26N4O5/c1-6-8-23-14-13(16(25)21-18(23)28)11(9-12(20-14)10(3)4)15(24)22-19(5,7-2)17(26)27/h9-10H,6-8H2,1-5H3,(H,22,24)(H,26,27)(H,21,25,28). The number of aryl methyl sites for hydroxylation is 1. The fourth-order valence-electron chi connectivity index (χ4n) is 2.81. The van der Waals surface area contributed by atoms with E-state index in [2.05, 4.69) is 15.3 Å². The van der Waals surface area contributed by atoms with E-state index in [4.69, 9.17) is 0 Å². The van der Waals surface area contributed by atoms with Crippen molar-refractivity contribution in [2.24, 2.45) is 0 Å². The van der Waals surface area contributed by atoms with Gasteiger partial charge in [-0.05, 0) is 31.7 Å². The second-order valence-electron chi connectivity index (χ2n) is 7.30. The van der Waals surface area contributed by atoms with Gasteiger partial charge in [0, 0.05) is 12.2 Å². The first-order valence-electron chi connectivity index (χ1n) is 9.29. The molecule has 1 unspecified atom stereocenters. The van der Waals surface area contributed by atoms with E-state index >= 15 is 0 Å². The molecule has 28 heavy (non-hydrogen) atoms. The lowest BCUT2D eigenvalue weighted by Gasteiger charge is -2.25. The van der Waals surface area contributed by atoms with Crippen molar-refractivity contribution in [3.63, 3.8) is 0 Å². The maximum Gasteiger partial charge on any atom is 0.329 e. The van der Waals surface area contributed by atoms with Crippen LogP contribution >= 0.6 is 0 Å². The van der Waals surface area contributed by atoms with Crippen molar-refractivity contribution in [2.75, 3.05) is 0 Å². The molecule has 0 aliphatic carbocycles. The second-order valence-corrected chi connectivity index (χ2v) is 7.30. The second kappa shape index (κ2) is 7.95. The van der Waals surface area contributed by atoms with Crippen LogP contribution in [-0.2, 0) is 11.3 Å². The van der Waals surface area contributed by atoms with Gasteiger partial charge in [-0.25, -0.2) is 14.6 Å². The normalized spacial score (nSPS) is 13.5. The zero-order valence-corrected chi connectivity index (χ0v) is 16.8. The van der Waals surface area contributed by atoms with Crippen molar-refractivity contribution < 1.29 is 14.7 Å². The number of aromatic amines is 1. The molecule has 3 N–H and O–H groups in total. The summed E-state index contributed by atoms with van der Waals surface area (Å²) in [6.45, 7) is 8.99. The summed E-state index contributed by atoms with van der Waals surface area (Å²) in [5.74, 6) is -1.95. The number of carboxylic acids is 1. The van der Waals surface area contributed by atoms with Crippen molar-refractivity contribution in [2.45, 2.75) is 65.5 Å². The molecule has 0 aromatic carbocycles. The SMILES string of the molecule is CCCn1c(=O)[nH]c(=O)c2c(C(=O)NC(C)(CC)C(=O)O)cc(C(C)C)nc21. The Labute approximate surface area is 161 Å². The van der Waals surface area contributed by atoms with E-state index in [1.165, 1.54) is 17.6 Å². The van der Waals surface area contributed by atoms with Crippen LogP contribution in [-0.4, -0.2) is 37.1 Å². The summed E-state index contributed by atoms with van der Waals surface area (Å²) in [6.07, 6.45) is 0.786. The Morgan fingerprint density at radius 2 is 1.96 bits per heavy atom. The molecule has 0 saturated heterocycles. The zero-order chi connectivity index (χ0) is 21.2. The lowest BCUT2D eigenvalue weighted by atomic mass is 9.97. The summed E-state index contributed by atoms with van der Waals surface area (Å²) in [4.78, 5) is 56.0. The summed E-state index contributed by atoms with van der Waals surface area (Å²) in [5, 5.41) is 11.9. The molecular weight excluding hydrogens is 364 g/mol. The predicted molar refractivity (Wildman–Crippen MR) is 105 cm³/mol. The molecule has 9 nitrogen and oxygen atoms in total. The minimum Gasteiger partial charge on any atom is -0.480 e. The van der Waals surface area contributed by atoms with E-state index in [-0.39, 0.29) is 28.9 Å². The molecule has 2 aromatic heterocycles. The summed E-state index contributed by atoms with van der Waals surface area (Å²) in [6, 6.07) is 1.48. The molecule has 2 heterocycles. The van der Waals surface area contributed by atoms with Gasteiger partial charge in [0.15, 0.2) is 5.65 Å². The average molecular weight is 390 g/mol. The van der Waals surface area contributed by atoms with Crippen LogP contribution in [0.5, 0.6) is 0 Å². The Kier molecular flexibility index (Phi) is 6.06. The van der Waals surface area contributed by atoms with Crippen LogP contribution in [0.1, 0.15) is 69.4 Å². The molecule has 152 valence electrons. The number of carbonyl (C=O) groups excluding carboxylic acids is 1. The molecule has 1 amide bonds. The first-order valence-corrected chi connectivity index (χ1v) is 9.29. The smallest absolute Gasteiger partial charge is 0.329 e. The van der Waals surface area contributed by atoms with Gasteiger partial charge < -0.3 is 10.4 Å². The number of H-pyrrole nitrogens is 1. The Morgan fingerprint density at radius 1 is 1.32 bits per heavy atom. The number of carboxylic acid groups (broad SMARTS) is 1. The van der Waals surface area contributed by atoms with Crippen molar-refractivity contribution >= 4 is 22.9 Å². The van der Waals surface area contributed by atoms with Crippen LogP contribution in [0.2, 0.25) is 0 Å². The maximum absolute atomic E-state index is 13.0. The molecule has 0 saturated carbocycles. The number of aromatic nitrogens is 3. The summed E-state index contributed by atoms with van der Waals surface area (Å²) >= 11 is 0. The predicted octanol–water partition coefficient (Wildman–Crippen LogP) is 1.60. The quantitative estimate of drug-likeness (QED) is 0.657. The van der Waals surface area contributed by atoms with Crippen molar-refractivity contribution in [1.29, 1.82) is 0 Å². The number of aliphatic carboxylic acids is 1. The fourth-order valence-corrected chi connectivity index (χ4v) is 2.81. The molecule has 2 aromatic rings. The molecule has 0 fully saturated rings. The van der Waals surface area contributed by atoms with Crippen LogP contribution in [0, 0.1) is 0 Å². The fraction of sp³-hybridized carbons (Fsp3) is 0.526. The minimum atomic E-state index is -1.49. The van der Waals surface area contributed by atoms with Gasteiger partial charge in [0.1, 0.15) is 5.54 Å². The van der Waals surface area contributed by atoms with Gasteiger partial charge in [-0.1, -0.05) is 27.7 Å². The van der Waals surface area contributed by atoms with Gasteiger partial charge >= 0.3 is 11.7 Å². The molecule has 0 radical (unpaired) electrons.